The molecule has 4 aromatic rings. The van der Waals surface area contributed by atoms with Gasteiger partial charge in [0.1, 0.15) is 18.9 Å². The number of carbonyl (C=O) groups excluding carboxylic acids is 1. The first-order valence-electron chi connectivity index (χ1n) is 8.48. The van der Waals surface area contributed by atoms with Gasteiger partial charge < -0.3 is 19.8 Å². The summed E-state index contributed by atoms with van der Waals surface area (Å²) in [4.78, 5) is 20.2. The molecule has 0 unspecified atom stereocenters. The Bertz CT molecular complexity index is 1110. The van der Waals surface area contributed by atoms with Gasteiger partial charge in [-0.25, -0.2) is 4.98 Å². The van der Waals surface area contributed by atoms with Gasteiger partial charge in [0.15, 0.2) is 23.1 Å². The molecule has 0 bridgehead atoms. The number of H-pyrrole nitrogens is 2. The van der Waals surface area contributed by atoms with Crippen molar-refractivity contribution in [1.82, 2.24) is 20.2 Å². The van der Waals surface area contributed by atoms with Crippen LogP contribution < -0.4 is 14.8 Å². The summed E-state index contributed by atoms with van der Waals surface area (Å²) in [6.07, 6.45) is 0. The van der Waals surface area contributed by atoms with Crippen LogP contribution in [-0.4, -0.2) is 39.3 Å². The molecule has 1 aliphatic heterocycles. The van der Waals surface area contributed by atoms with E-state index in [0.29, 0.717) is 47.6 Å². The standard InChI is InChI=1S/C19H15N5O3/c25-19(11-5-6-15-16(9-11)27-8-7-26-15)22-17-10-14(23-24-17)18-20-12-3-1-2-4-13(12)21-18/h1-6,9-10H,7-8H2,(H,20,21)(H2,22,23,24,25). The number of aromatic nitrogens is 4. The van der Waals surface area contributed by atoms with Crippen LogP contribution in [-0.2, 0) is 0 Å². The second-order valence-corrected chi connectivity index (χ2v) is 6.08. The van der Waals surface area contributed by atoms with Gasteiger partial charge in [0.2, 0.25) is 0 Å². The number of hydrogen-bond donors (Lipinski definition) is 3. The Morgan fingerprint density at radius 1 is 1.04 bits per heavy atom. The predicted octanol–water partition coefficient (Wildman–Crippen LogP) is 2.98. The first kappa shape index (κ1) is 15.4. The van der Waals surface area contributed by atoms with E-state index < -0.39 is 0 Å². The summed E-state index contributed by atoms with van der Waals surface area (Å²) in [5, 5.41) is 9.80. The number of amides is 1. The van der Waals surface area contributed by atoms with Crippen LogP contribution in [0.4, 0.5) is 5.82 Å². The lowest BCUT2D eigenvalue weighted by Gasteiger charge is -2.18. The molecule has 0 radical (unpaired) electrons. The van der Waals surface area contributed by atoms with E-state index in [1.54, 1.807) is 24.3 Å². The average Bonchev–Trinajstić information content (AvgIpc) is 3.34. The second-order valence-electron chi connectivity index (χ2n) is 6.08. The van der Waals surface area contributed by atoms with Gasteiger partial charge in [0, 0.05) is 11.6 Å². The molecule has 2 aromatic heterocycles. The topological polar surface area (TPSA) is 105 Å². The van der Waals surface area contributed by atoms with Crippen LogP contribution >= 0.6 is 0 Å². The Kier molecular flexibility index (Phi) is 3.53. The first-order chi connectivity index (χ1) is 13.3. The Balaban J connectivity index is 1.36. The van der Waals surface area contributed by atoms with Gasteiger partial charge in [-0.15, -0.1) is 0 Å². The zero-order valence-electron chi connectivity index (χ0n) is 14.2. The lowest BCUT2D eigenvalue weighted by atomic mass is 10.2. The van der Waals surface area contributed by atoms with Crippen molar-refractivity contribution in [2.24, 2.45) is 0 Å². The van der Waals surface area contributed by atoms with E-state index in [1.807, 2.05) is 24.3 Å². The molecule has 3 N–H and O–H groups in total. The van der Waals surface area contributed by atoms with Crippen LogP contribution in [0.5, 0.6) is 11.5 Å². The minimum Gasteiger partial charge on any atom is -0.486 e. The first-order valence-corrected chi connectivity index (χ1v) is 8.48. The summed E-state index contributed by atoms with van der Waals surface area (Å²) in [5.74, 6) is 1.99. The normalized spacial score (nSPS) is 12.9. The summed E-state index contributed by atoms with van der Waals surface area (Å²) >= 11 is 0. The number of rotatable bonds is 3. The highest BCUT2D eigenvalue weighted by Crippen LogP contribution is 2.31. The maximum absolute atomic E-state index is 12.5. The van der Waals surface area contributed by atoms with Gasteiger partial charge in [-0.2, -0.15) is 5.10 Å². The molecule has 8 heteroatoms. The highest BCUT2D eigenvalue weighted by Gasteiger charge is 2.16. The van der Waals surface area contributed by atoms with Crippen molar-refractivity contribution in [2.45, 2.75) is 0 Å². The maximum Gasteiger partial charge on any atom is 0.257 e. The number of fused-ring (bicyclic) bond motifs is 2. The van der Waals surface area contributed by atoms with E-state index in [-0.39, 0.29) is 5.91 Å². The molecule has 2 aromatic carbocycles. The van der Waals surface area contributed by atoms with Crippen molar-refractivity contribution < 1.29 is 14.3 Å². The molecule has 0 saturated heterocycles. The molecule has 1 amide bonds. The number of anilines is 1. The number of ether oxygens (including phenoxy) is 2. The van der Waals surface area contributed by atoms with E-state index in [0.717, 1.165) is 11.0 Å². The molecule has 3 heterocycles. The minimum atomic E-state index is -0.283. The van der Waals surface area contributed by atoms with Gasteiger partial charge in [0.25, 0.3) is 5.91 Å². The third-order valence-corrected chi connectivity index (χ3v) is 4.27. The molecule has 5 rings (SSSR count). The number of para-hydroxylation sites is 2. The summed E-state index contributed by atoms with van der Waals surface area (Å²) in [5.41, 5.74) is 2.95. The molecule has 0 aliphatic carbocycles. The van der Waals surface area contributed by atoms with E-state index in [9.17, 15) is 4.79 Å². The number of imidazole rings is 1. The van der Waals surface area contributed by atoms with Crippen LogP contribution in [0.2, 0.25) is 0 Å². The molecule has 8 nitrogen and oxygen atoms in total. The number of aromatic amines is 2. The molecule has 134 valence electrons. The van der Waals surface area contributed by atoms with Gasteiger partial charge in [-0.1, -0.05) is 12.1 Å². The molecule has 0 fully saturated rings. The number of benzene rings is 2. The zero-order valence-corrected chi connectivity index (χ0v) is 14.2. The largest absolute Gasteiger partial charge is 0.486 e. The quantitative estimate of drug-likeness (QED) is 0.520. The van der Waals surface area contributed by atoms with Crippen molar-refractivity contribution >= 4 is 22.8 Å². The highest BCUT2D eigenvalue weighted by atomic mass is 16.6. The number of nitrogens with one attached hydrogen (secondary N) is 3. The number of hydrogen-bond acceptors (Lipinski definition) is 5. The summed E-state index contributed by atoms with van der Waals surface area (Å²) in [6, 6.07) is 14.6. The second kappa shape index (κ2) is 6.17. The fourth-order valence-corrected chi connectivity index (χ4v) is 2.96. The fraction of sp³-hybridized carbons (Fsp3) is 0.105. The van der Waals surface area contributed by atoms with Crippen LogP contribution in [0, 0.1) is 0 Å². The lowest BCUT2D eigenvalue weighted by molar-refractivity contribution is 0.102. The van der Waals surface area contributed by atoms with Crippen molar-refractivity contribution in [2.75, 3.05) is 18.5 Å². The molecule has 0 spiro atoms. The summed E-state index contributed by atoms with van der Waals surface area (Å²) in [7, 11) is 0. The Hall–Kier alpha value is -3.81. The molecule has 0 saturated carbocycles. The van der Waals surface area contributed by atoms with Crippen molar-refractivity contribution in [3.05, 3.63) is 54.1 Å². The Morgan fingerprint density at radius 3 is 2.78 bits per heavy atom. The monoisotopic (exact) mass is 361 g/mol. The number of carbonyl (C=O) groups is 1. The van der Waals surface area contributed by atoms with Crippen molar-refractivity contribution in [3.8, 4) is 23.0 Å². The zero-order chi connectivity index (χ0) is 18.2. The van der Waals surface area contributed by atoms with Crippen LogP contribution in [0.1, 0.15) is 10.4 Å². The maximum atomic E-state index is 12.5. The third-order valence-electron chi connectivity index (χ3n) is 4.27. The van der Waals surface area contributed by atoms with Gasteiger partial charge in [-0.05, 0) is 30.3 Å². The van der Waals surface area contributed by atoms with Gasteiger partial charge >= 0.3 is 0 Å². The van der Waals surface area contributed by atoms with Crippen LogP contribution in [0.3, 0.4) is 0 Å². The lowest BCUT2D eigenvalue weighted by Crippen LogP contribution is -2.17. The molecule has 0 atom stereocenters. The third kappa shape index (κ3) is 2.86. The predicted molar refractivity (Wildman–Crippen MR) is 99.1 cm³/mol. The highest BCUT2D eigenvalue weighted by molar-refractivity contribution is 6.04. The van der Waals surface area contributed by atoms with Crippen molar-refractivity contribution in [1.29, 1.82) is 0 Å². The number of nitrogens with zero attached hydrogens (tertiary/aromatic N) is 2. The molecular formula is C19H15N5O3. The molecule has 1 aliphatic rings. The summed E-state index contributed by atoms with van der Waals surface area (Å²) < 4.78 is 11.0. The van der Waals surface area contributed by atoms with Gasteiger partial charge in [-0.3, -0.25) is 9.89 Å². The van der Waals surface area contributed by atoms with E-state index >= 15 is 0 Å². The fourth-order valence-electron chi connectivity index (χ4n) is 2.96. The van der Waals surface area contributed by atoms with E-state index in [2.05, 4.69) is 25.5 Å². The Labute approximate surface area is 153 Å². The summed E-state index contributed by atoms with van der Waals surface area (Å²) in [6.45, 7) is 0.981. The minimum absolute atomic E-state index is 0.283. The average molecular weight is 361 g/mol. The van der Waals surface area contributed by atoms with Gasteiger partial charge in [0.05, 0.1) is 11.0 Å². The molecular weight excluding hydrogens is 346 g/mol. The van der Waals surface area contributed by atoms with E-state index in [4.69, 9.17) is 9.47 Å². The molecule has 27 heavy (non-hydrogen) atoms. The smallest absolute Gasteiger partial charge is 0.257 e. The van der Waals surface area contributed by atoms with Crippen LogP contribution in [0.15, 0.2) is 48.5 Å². The van der Waals surface area contributed by atoms with E-state index in [1.165, 1.54) is 0 Å². The Morgan fingerprint density at radius 2 is 1.89 bits per heavy atom. The van der Waals surface area contributed by atoms with Crippen LogP contribution in [0.25, 0.3) is 22.6 Å². The van der Waals surface area contributed by atoms with Crippen molar-refractivity contribution in [3.63, 3.8) is 0 Å². The SMILES string of the molecule is O=C(Nc1cc(-c2nc3ccccc3[nH]2)[nH]n1)c1ccc2c(c1)OCCO2.